The van der Waals surface area contributed by atoms with Crippen LogP contribution in [0.25, 0.3) is 0 Å². The third-order valence-electron chi connectivity index (χ3n) is 2.25. The lowest BCUT2D eigenvalue weighted by Crippen LogP contribution is -2.09. The molecular formula is C15H21NO3. The number of hydrogen-bond donors (Lipinski definition) is 1. The minimum absolute atomic E-state index is 0.0169. The summed E-state index contributed by atoms with van der Waals surface area (Å²) >= 11 is 0. The Labute approximate surface area is 114 Å². The molecule has 1 aromatic carbocycles. The van der Waals surface area contributed by atoms with Crippen molar-refractivity contribution >= 4 is 12.0 Å². The third kappa shape index (κ3) is 5.12. The summed E-state index contributed by atoms with van der Waals surface area (Å²) in [6, 6.07) is 5.04. The second-order valence-corrected chi connectivity index (χ2v) is 5.07. The Kier molecular flexibility index (Phi) is 5.55. The molecule has 0 fully saturated rings. The van der Waals surface area contributed by atoms with Crippen LogP contribution in [-0.2, 0) is 0 Å². The maximum absolute atomic E-state index is 11.6. The van der Waals surface area contributed by atoms with Crippen molar-refractivity contribution in [2.24, 2.45) is 5.92 Å². The van der Waals surface area contributed by atoms with Gasteiger partial charge in [-0.3, -0.25) is 4.79 Å². The van der Waals surface area contributed by atoms with Crippen molar-refractivity contribution < 1.29 is 14.3 Å². The molecule has 0 aliphatic rings. The van der Waals surface area contributed by atoms with Gasteiger partial charge in [0.2, 0.25) is 5.78 Å². The van der Waals surface area contributed by atoms with Gasteiger partial charge in [-0.2, -0.15) is 0 Å². The van der Waals surface area contributed by atoms with Crippen LogP contribution in [-0.4, -0.2) is 24.7 Å². The monoisotopic (exact) mass is 263 g/mol. The zero-order chi connectivity index (χ0) is 14.4. The molecule has 0 spiro atoms. The minimum atomic E-state index is -0.358. The van der Waals surface area contributed by atoms with Gasteiger partial charge in [0, 0.05) is 11.6 Å². The molecule has 0 atom stereocenters. The number of carbonyl (C=O) groups excluding carboxylic acids is 1. The average molecular weight is 263 g/mol. The Bertz CT molecular complexity index is 453. The van der Waals surface area contributed by atoms with Crippen LogP contribution in [0.15, 0.2) is 18.2 Å². The van der Waals surface area contributed by atoms with E-state index in [1.54, 1.807) is 18.2 Å². The Hall–Kier alpha value is -1.84. The summed E-state index contributed by atoms with van der Waals surface area (Å²) < 4.78 is 11.2. The SMILES string of the molecule is CC(C)COc1cc(OC(C)C)cc(C(=O)C=N)c1. The van der Waals surface area contributed by atoms with Gasteiger partial charge in [-0.15, -0.1) is 0 Å². The van der Waals surface area contributed by atoms with Crippen LogP contribution in [0, 0.1) is 11.3 Å². The minimum Gasteiger partial charge on any atom is -0.493 e. The first-order chi connectivity index (χ1) is 8.92. The predicted octanol–water partition coefficient (Wildman–Crippen LogP) is 3.34. The van der Waals surface area contributed by atoms with Gasteiger partial charge in [0.25, 0.3) is 0 Å². The number of Topliss-reactive ketones (excluding diaryl/α,β-unsaturated/α-hetero) is 1. The van der Waals surface area contributed by atoms with Crippen molar-refractivity contribution in [1.29, 1.82) is 5.41 Å². The predicted molar refractivity (Wildman–Crippen MR) is 75.7 cm³/mol. The first-order valence-corrected chi connectivity index (χ1v) is 6.41. The Morgan fingerprint density at radius 3 is 2.37 bits per heavy atom. The molecular weight excluding hydrogens is 242 g/mol. The number of carbonyl (C=O) groups is 1. The Morgan fingerprint density at radius 2 is 1.84 bits per heavy atom. The van der Waals surface area contributed by atoms with Gasteiger partial charge >= 0.3 is 0 Å². The van der Waals surface area contributed by atoms with E-state index >= 15 is 0 Å². The van der Waals surface area contributed by atoms with E-state index in [4.69, 9.17) is 14.9 Å². The second kappa shape index (κ2) is 6.92. The highest BCUT2D eigenvalue weighted by molar-refractivity contribution is 6.34. The summed E-state index contributed by atoms with van der Waals surface area (Å²) in [6.07, 6.45) is 0.809. The number of benzene rings is 1. The summed E-state index contributed by atoms with van der Waals surface area (Å²) in [7, 11) is 0. The lowest BCUT2D eigenvalue weighted by Gasteiger charge is -2.14. The van der Waals surface area contributed by atoms with Gasteiger partial charge in [-0.25, -0.2) is 0 Å². The van der Waals surface area contributed by atoms with E-state index in [1.807, 2.05) is 13.8 Å². The van der Waals surface area contributed by atoms with E-state index in [2.05, 4.69) is 13.8 Å². The van der Waals surface area contributed by atoms with Crippen LogP contribution in [0.4, 0.5) is 0 Å². The Morgan fingerprint density at radius 1 is 1.21 bits per heavy atom. The van der Waals surface area contributed by atoms with Gasteiger partial charge in [0.05, 0.1) is 18.9 Å². The molecule has 0 unspecified atom stereocenters. The van der Waals surface area contributed by atoms with Crippen molar-refractivity contribution in [2.75, 3.05) is 6.61 Å². The molecule has 0 bridgehead atoms. The fourth-order valence-corrected chi connectivity index (χ4v) is 1.48. The molecule has 0 saturated carbocycles. The highest BCUT2D eigenvalue weighted by atomic mass is 16.5. The van der Waals surface area contributed by atoms with Crippen LogP contribution in [0.3, 0.4) is 0 Å². The van der Waals surface area contributed by atoms with Crippen molar-refractivity contribution in [3.05, 3.63) is 23.8 Å². The molecule has 4 nitrogen and oxygen atoms in total. The van der Waals surface area contributed by atoms with Crippen molar-refractivity contribution in [2.45, 2.75) is 33.8 Å². The van der Waals surface area contributed by atoms with E-state index in [9.17, 15) is 4.79 Å². The Balaban J connectivity index is 3.01. The van der Waals surface area contributed by atoms with Gasteiger partial charge < -0.3 is 14.9 Å². The summed E-state index contributed by atoms with van der Waals surface area (Å²) in [5, 5.41) is 7.04. The molecule has 0 aliphatic heterocycles. The number of nitrogens with one attached hydrogen (secondary N) is 1. The molecule has 4 heteroatoms. The largest absolute Gasteiger partial charge is 0.493 e. The fourth-order valence-electron chi connectivity index (χ4n) is 1.48. The average Bonchev–Trinajstić information content (AvgIpc) is 2.34. The highest BCUT2D eigenvalue weighted by Gasteiger charge is 2.10. The van der Waals surface area contributed by atoms with Crippen LogP contribution >= 0.6 is 0 Å². The molecule has 19 heavy (non-hydrogen) atoms. The van der Waals surface area contributed by atoms with Crippen LogP contribution in [0.5, 0.6) is 11.5 Å². The molecule has 0 radical (unpaired) electrons. The standard InChI is InChI=1S/C15H21NO3/c1-10(2)9-18-13-5-12(15(17)8-16)6-14(7-13)19-11(3)4/h5-8,10-11,16H,9H2,1-4H3. The third-order valence-corrected chi connectivity index (χ3v) is 2.25. The van der Waals surface area contributed by atoms with E-state index in [1.165, 1.54) is 0 Å². The molecule has 0 saturated heterocycles. The lowest BCUT2D eigenvalue weighted by molar-refractivity contribution is 0.106. The normalized spacial score (nSPS) is 10.6. The zero-order valence-corrected chi connectivity index (χ0v) is 11.9. The first kappa shape index (κ1) is 15.2. The van der Waals surface area contributed by atoms with Gasteiger partial charge in [0.15, 0.2) is 0 Å². The van der Waals surface area contributed by atoms with E-state index in [-0.39, 0.29) is 11.9 Å². The number of ether oxygens (including phenoxy) is 2. The number of rotatable bonds is 7. The molecule has 104 valence electrons. The van der Waals surface area contributed by atoms with Crippen molar-refractivity contribution in [1.82, 2.24) is 0 Å². The molecule has 0 aliphatic carbocycles. The number of ketones is 1. The smallest absolute Gasteiger partial charge is 0.203 e. The topological polar surface area (TPSA) is 59.4 Å². The first-order valence-electron chi connectivity index (χ1n) is 6.41. The molecule has 1 rings (SSSR count). The maximum Gasteiger partial charge on any atom is 0.203 e. The summed E-state index contributed by atoms with van der Waals surface area (Å²) in [5.41, 5.74) is 0.409. The van der Waals surface area contributed by atoms with E-state index in [0.29, 0.717) is 29.6 Å². The van der Waals surface area contributed by atoms with Crippen molar-refractivity contribution in [3.63, 3.8) is 0 Å². The van der Waals surface area contributed by atoms with Crippen molar-refractivity contribution in [3.8, 4) is 11.5 Å². The quantitative estimate of drug-likeness (QED) is 0.606. The maximum atomic E-state index is 11.6. The summed E-state index contributed by atoms with van der Waals surface area (Å²) in [6.45, 7) is 8.51. The molecule has 0 amide bonds. The zero-order valence-electron chi connectivity index (χ0n) is 11.9. The summed E-state index contributed by atoms with van der Waals surface area (Å²) in [4.78, 5) is 11.6. The van der Waals surface area contributed by atoms with E-state index < -0.39 is 0 Å². The molecule has 1 N–H and O–H groups in total. The van der Waals surface area contributed by atoms with Gasteiger partial charge in [-0.05, 0) is 31.9 Å². The van der Waals surface area contributed by atoms with Gasteiger partial charge in [-0.1, -0.05) is 13.8 Å². The van der Waals surface area contributed by atoms with Crippen LogP contribution in [0.2, 0.25) is 0 Å². The highest BCUT2D eigenvalue weighted by Crippen LogP contribution is 2.24. The fraction of sp³-hybridized carbons (Fsp3) is 0.467. The molecule has 1 aromatic rings. The second-order valence-electron chi connectivity index (χ2n) is 5.07. The van der Waals surface area contributed by atoms with Gasteiger partial charge in [0.1, 0.15) is 11.5 Å². The van der Waals surface area contributed by atoms with E-state index in [0.717, 1.165) is 6.21 Å². The summed E-state index contributed by atoms with van der Waals surface area (Å²) in [5.74, 6) is 1.22. The van der Waals surface area contributed by atoms with Crippen LogP contribution in [0.1, 0.15) is 38.1 Å². The molecule has 0 heterocycles. The lowest BCUT2D eigenvalue weighted by atomic mass is 10.1. The number of hydrogen-bond acceptors (Lipinski definition) is 4. The molecule has 0 aromatic heterocycles. The van der Waals surface area contributed by atoms with Crippen LogP contribution < -0.4 is 9.47 Å².